The van der Waals surface area contributed by atoms with Crippen molar-refractivity contribution in [2.24, 2.45) is 0 Å². The first-order chi connectivity index (χ1) is 11.7. The Kier molecular flexibility index (Phi) is 4.75. The number of fused-ring (bicyclic) bond motifs is 1. The number of amides is 1. The van der Waals surface area contributed by atoms with Gasteiger partial charge in [-0.1, -0.05) is 37.3 Å². The summed E-state index contributed by atoms with van der Waals surface area (Å²) in [5, 5.41) is 3.87. The average Bonchev–Trinajstić information content (AvgIpc) is 2.61. The molecule has 2 aromatic carbocycles. The van der Waals surface area contributed by atoms with Gasteiger partial charge in [0.15, 0.2) is 6.61 Å². The fourth-order valence-electron chi connectivity index (χ4n) is 2.50. The molecule has 0 saturated carbocycles. The molecular weight excluding hydrogens is 300 g/mol. The van der Waals surface area contributed by atoms with E-state index in [-0.39, 0.29) is 12.5 Å². The molecule has 0 saturated heterocycles. The Balaban J connectivity index is 1.67. The molecule has 0 aliphatic rings. The maximum absolute atomic E-state index is 12.2. The summed E-state index contributed by atoms with van der Waals surface area (Å²) in [7, 11) is 0. The number of para-hydroxylation sites is 1. The Morgan fingerprint density at radius 1 is 1.08 bits per heavy atom. The average molecular weight is 320 g/mol. The molecule has 1 amide bonds. The van der Waals surface area contributed by atoms with E-state index in [1.807, 2.05) is 61.5 Å². The third kappa shape index (κ3) is 3.71. The second kappa shape index (κ2) is 7.13. The highest BCUT2D eigenvalue weighted by Gasteiger charge is 2.08. The minimum atomic E-state index is -0.203. The van der Waals surface area contributed by atoms with Crippen molar-refractivity contribution in [3.8, 4) is 5.75 Å². The predicted octanol–water partition coefficient (Wildman–Crippen LogP) is 4.12. The van der Waals surface area contributed by atoms with Gasteiger partial charge in [-0.3, -0.25) is 9.78 Å². The number of ether oxygens (including phenoxy) is 1. The molecule has 1 aromatic heterocycles. The van der Waals surface area contributed by atoms with Gasteiger partial charge in [0.1, 0.15) is 5.75 Å². The van der Waals surface area contributed by atoms with Crippen LogP contribution in [-0.2, 0) is 11.2 Å². The topological polar surface area (TPSA) is 51.2 Å². The van der Waals surface area contributed by atoms with Crippen LogP contribution in [0.1, 0.15) is 18.2 Å². The summed E-state index contributed by atoms with van der Waals surface area (Å²) in [5.74, 6) is 0.486. The number of aryl methyl sites for hydroxylation is 2. The highest BCUT2D eigenvalue weighted by Crippen LogP contribution is 2.21. The van der Waals surface area contributed by atoms with Gasteiger partial charge >= 0.3 is 0 Å². The zero-order valence-corrected chi connectivity index (χ0v) is 13.9. The van der Waals surface area contributed by atoms with Crippen molar-refractivity contribution >= 4 is 22.5 Å². The summed E-state index contributed by atoms with van der Waals surface area (Å²) in [6.07, 6.45) is 0.980. The van der Waals surface area contributed by atoms with Gasteiger partial charge in [-0.05, 0) is 43.2 Å². The van der Waals surface area contributed by atoms with E-state index in [0.29, 0.717) is 11.4 Å². The molecule has 1 heterocycles. The van der Waals surface area contributed by atoms with Gasteiger partial charge in [0.2, 0.25) is 0 Å². The summed E-state index contributed by atoms with van der Waals surface area (Å²) in [5.41, 5.74) is 3.64. The van der Waals surface area contributed by atoms with E-state index in [1.54, 1.807) is 0 Å². The van der Waals surface area contributed by atoms with Crippen LogP contribution in [0, 0.1) is 6.92 Å². The molecule has 1 N–H and O–H groups in total. The number of carbonyl (C=O) groups excluding carboxylic acids is 1. The van der Waals surface area contributed by atoms with Crippen molar-refractivity contribution in [2.45, 2.75) is 20.3 Å². The first-order valence-electron chi connectivity index (χ1n) is 8.03. The van der Waals surface area contributed by atoms with E-state index in [4.69, 9.17) is 4.74 Å². The molecule has 0 aliphatic heterocycles. The Morgan fingerprint density at radius 2 is 1.88 bits per heavy atom. The molecule has 0 aliphatic carbocycles. The molecule has 4 nitrogen and oxygen atoms in total. The van der Waals surface area contributed by atoms with E-state index < -0.39 is 0 Å². The summed E-state index contributed by atoms with van der Waals surface area (Å²) in [6.45, 7) is 4.00. The smallest absolute Gasteiger partial charge is 0.262 e. The first kappa shape index (κ1) is 16.0. The number of hydrogen-bond acceptors (Lipinski definition) is 3. The zero-order valence-electron chi connectivity index (χ0n) is 13.9. The van der Waals surface area contributed by atoms with E-state index in [0.717, 1.165) is 23.0 Å². The highest BCUT2D eigenvalue weighted by molar-refractivity contribution is 6.00. The van der Waals surface area contributed by atoms with Gasteiger partial charge < -0.3 is 10.1 Å². The fourth-order valence-corrected chi connectivity index (χ4v) is 2.50. The van der Waals surface area contributed by atoms with Crippen LogP contribution in [0.2, 0.25) is 0 Å². The molecule has 3 rings (SSSR count). The molecule has 0 fully saturated rings. The Bertz CT molecular complexity index is 857. The van der Waals surface area contributed by atoms with E-state index in [9.17, 15) is 4.79 Å². The number of nitrogens with one attached hydrogen (secondary N) is 1. The lowest BCUT2D eigenvalue weighted by Gasteiger charge is -2.10. The molecule has 0 unspecified atom stereocenters. The number of nitrogens with zero attached hydrogens (tertiary/aromatic N) is 1. The lowest BCUT2D eigenvalue weighted by Crippen LogP contribution is -2.20. The standard InChI is InChI=1S/C20H20N2O2/c1-3-15-8-11-17(12-9-15)24-13-19(23)22-18-6-4-5-16-10-7-14(2)21-20(16)18/h4-12H,3,13H2,1-2H3,(H,22,23). The molecule has 0 radical (unpaired) electrons. The predicted molar refractivity (Wildman–Crippen MR) is 96.4 cm³/mol. The van der Waals surface area contributed by atoms with Gasteiger partial charge in [0.05, 0.1) is 11.2 Å². The number of rotatable bonds is 5. The molecular formula is C20H20N2O2. The van der Waals surface area contributed by atoms with E-state index >= 15 is 0 Å². The summed E-state index contributed by atoms with van der Waals surface area (Å²) in [6, 6.07) is 17.5. The molecule has 0 atom stereocenters. The molecule has 24 heavy (non-hydrogen) atoms. The number of hydrogen-bond donors (Lipinski definition) is 1. The van der Waals surface area contributed by atoms with Crippen LogP contribution in [0.4, 0.5) is 5.69 Å². The first-order valence-corrected chi connectivity index (χ1v) is 8.03. The quantitative estimate of drug-likeness (QED) is 0.769. The van der Waals surface area contributed by atoms with Crippen LogP contribution in [-0.4, -0.2) is 17.5 Å². The number of benzene rings is 2. The van der Waals surface area contributed by atoms with Crippen LogP contribution in [0.5, 0.6) is 5.75 Å². The van der Waals surface area contributed by atoms with E-state index in [2.05, 4.69) is 17.2 Å². The number of carbonyl (C=O) groups is 1. The number of anilines is 1. The van der Waals surface area contributed by atoms with Gasteiger partial charge in [-0.2, -0.15) is 0 Å². The SMILES string of the molecule is CCc1ccc(OCC(=O)Nc2cccc3ccc(C)nc23)cc1. The number of pyridine rings is 1. The molecule has 3 aromatic rings. The summed E-state index contributed by atoms with van der Waals surface area (Å²) < 4.78 is 5.54. The van der Waals surface area contributed by atoms with Crippen molar-refractivity contribution in [2.75, 3.05) is 11.9 Å². The summed E-state index contributed by atoms with van der Waals surface area (Å²) >= 11 is 0. The van der Waals surface area contributed by atoms with Crippen molar-refractivity contribution in [3.63, 3.8) is 0 Å². The van der Waals surface area contributed by atoms with Crippen LogP contribution in [0.15, 0.2) is 54.6 Å². The monoisotopic (exact) mass is 320 g/mol. The molecule has 0 spiro atoms. The normalized spacial score (nSPS) is 10.6. The van der Waals surface area contributed by atoms with Gasteiger partial charge in [-0.15, -0.1) is 0 Å². The third-order valence-corrected chi connectivity index (χ3v) is 3.84. The Hall–Kier alpha value is -2.88. The molecule has 122 valence electrons. The lowest BCUT2D eigenvalue weighted by molar-refractivity contribution is -0.118. The second-order valence-corrected chi connectivity index (χ2v) is 5.66. The maximum atomic E-state index is 12.2. The summed E-state index contributed by atoms with van der Waals surface area (Å²) in [4.78, 5) is 16.7. The second-order valence-electron chi connectivity index (χ2n) is 5.66. The Labute approximate surface area is 141 Å². The molecule has 0 bridgehead atoms. The van der Waals surface area contributed by atoms with Crippen LogP contribution in [0.25, 0.3) is 10.9 Å². The maximum Gasteiger partial charge on any atom is 0.262 e. The van der Waals surface area contributed by atoms with E-state index in [1.165, 1.54) is 5.56 Å². The van der Waals surface area contributed by atoms with Crippen LogP contribution in [0.3, 0.4) is 0 Å². The number of aromatic nitrogens is 1. The molecule has 4 heteroatoms. The van der Waals surface area contributed by atoms with Crippen molar-refractivity contribution in [1.29, 1.82) is 0 Å². The Morgan fingerprint density at radius 3 is 2.62 bits per heavy atom. The van der Waals surface area contributed by atoms with Crippen molar-refractivity contribution in [3.05, 3.63) is 65.9 Å². The van der Waals surface area contributed by atoms with Crippen molar-refractivity contribution in [1.82, 2.24) is 4.98 Å². The minimum absolute atomic E-state index is 0.0341. The van der Waals surface area contributed by atoms with Crippen LogP contribution >= 0.6 is 0 Å². The van der Waals surface area contributed by atoms with Gasteiger partial charge in [0, 0.05) is 11.1 Å². The van der Waals surface area contributed by atoms with Crippen LogP contribution < -0.4 is 10.1 Å². The van der Waals surface area contributed by atoms with Crippen molar-refractivity contribution < 1.29 is 9.53 Å². The fraction of sp³-hybridized carbons (Fsp3) is 0.200. The lowest BCUT2D eigenvalue weighted by atomic mass is 10.1. The highest BCUT2D eigenvalue weighted by atomic mass is 16.5. The van der Waals surface area contributed by atoms with Gasteiger partial charge in [-0.25, -0.2) is 0 Å². The third-order valence-electron chi connectivity index (χ3n) is 3.84. The van der Waals surface area contributed by atoms with Gasteiger partial charge in [0.25, 0.3) is 5.91 Å². The zero-order chi connectivity index (χ0) is 16.9. The minimum Gasteiger partial charge on any atom is -0.484 e. The largest absolute Gasteiger partial charge is 0.484 e.